The zero-order chi connectivity index (χ0) is 12.3. The summed E-state index contributed by atoms with van der Waals surface area (Å²) in [5, 5.41) is 7.88. The van der Waals surface area contributed by atoms with E-state index in [2.05, 4.69) is 15.6 Å². The number of anilines is 1. The molecule has 1 atom stereocenters. The monoisotopic (exact) mass is 271 g/mol. The number of rotatable bonds is 2. The number of hydrogen-bond donors (Lipinski definition) is 2. The molecule has 0 aromatic carbocycles. The van der Waals surface area contributed by atoms with E-state index in [1.165, 1.54) is 11.3 Å². The molecular weight excluding hydrogens is 258 g/mol. The van der Waals surface area contributed by atoms with Gasteiger partial charge in [-0.2, -0.15) is 11.8 Å². The number of aromatic nitrogens is 1. The summed E-state index contributed by atoms with van der Waals surface area (Å²) >= 11 is 3.00. The highest BCUT2D eigenvalue weighted by Gasteiger charge is 2.23. The van der Waals surface area contributed by atoms with Gasteiger partial charge in [-0.1, -0.05) is 0 Å². The summed E-state index contributed by atoms with van der Waals surface area (Å²) in [6.45, 7) is 1.87. The second kappa shape index (κ2) is 5.50. The van der Waals surface area contributed by atoms with Crippen molar-refractivity contribution in [2.45, 2.75) is 19.4 Å². The molecule has 0 aliphatic carbocycles. The fourth-order valence-electron chi connectivity index (χ4n) is 1.42. The molecule has 2 N–H and O–H groups in total. The number of aryl methyl sites for hydroxylation is 1. The highest BCUT2D eigenvalue weighted by molar-refractivity contribution is 7.99. The molecule has 2 heterocycles. The Morgan fingerprint density at radius 1 is 1.65 bits per heavy atom. The molecule has 0 spiro atoms. The van der Waals surface area contributed by atoms with Crippen molar-refractivity contribution in [2.75, 3.05) is 16.8 Å². The topological polar surface area (TPSA) is 71.1 Å². The van der Waals surface area contributed by atoms with Gasteiger partial charge in [0.15, 0.2) is 5.13 Å². The molecule has 2 amide bonds. The molecule has 0 radical (unpaired) electrons. The smallest absolute Gasteiger partial charge is 0.249 e. The third-order valence-electron chi connectivity index (χ3n) is 2.26. The molecule has 1 aliphatic rings. The van der Waals surface area contributed by atoms with Crippen LogP contribution in [0.1, 0.15) is 12.1 Å². The number of thiazole rings is 1. The largest absolute Gasteiger partial charge is 0.343 e. The summed E-state index contributed by atoms with van der Waals surface area (Å²) in [4.78, 5) is 27.4. The van der Waals surface area contributed by atoms with Crippen molar-refractivity contribution in [3.8, 4) is 0 Å². The lowest BCUT2D eigenvalue weighted by Gasteiger charge is -2.13. The van der Waals surface area contributed by atoms with Gasteiger partial charge in [-0.3, -0.25) is 9.59 Å². The van der Waals surface area contributed by atoms with Crippen LogP contribution in [0.15, 0.2) is 5.38 Å². The second-order valence-electron chi connectivity index (χ2n) is 3.73. The van der Waals surface area contributed by atoms with Crippen LogP contribution < -0.4 is 10.6 Å². The van der Waals surface area contributed by atoms with Gasteiger partial charge >= 0.3 is 0 Å². The molecule has 1 aromatic rings. The molecule has 5 nitrogen and oxygen atoms in total. The fourth-order valence-corrected chi connectivity index (χ4v) is 3.08. The molecular formula is C10H13N3O2S2. The number of amides is 2. The maximum atomic E-state index is 11.9. The average Bonchev–Trinajstić information content (AvgIpc) is 2.56. The van der Waals surface area contributed by atoms with Gasteiger partial charge in [0.2, 0.25) is 11.8 Å². The normalized spacial score (nSPS) is 20.5. The number of nitrogens with zero attached hydrogens (tertiary/aromatic N) is 1. The van der Waals surface area contributed by atoms with Crippen molar-refractivity contribution in [1.29, 1.82) is 0 Å². The zero-order valence-electron chi connectivity index (χ0n) is 9.36. The van der Waals surface area contributed by atoms with E-state index in [0.717, 1.165) is 11.4 Å². The van der Waals surface area contributed by atoms with E-state index < -0.39 is 6.04 Å². The van der Waals surface area contributed by atoms with Crippen LogP contribution in [0.4, 0.5) is 5.13 Å². The number of nitrogens with one attached hydrogen (secondary N) is 2. The van der Waals surface area contributed by atoms with Gasteiger partial charge in [-0.15, -0.1) is 11.3 Å². The Morgan fingerprint density at radius 3 is 3.18 bits per heavy atom. The van der Waals surface area contributed by atoms with Crippen molar-refractivity contribution >= 4 is 40.0 Å². The summed E-state index contributed by atoms with van der Waals surface area (Å²) < 4.78 is 0. The van der Waals surface area contributed by atoms with Crippen LogP contribution in [0, 0.1) is 6.92 Å². The van der Waals surface area contributed by atoms with Crippen LogP contribution in [0.2, 0.25) is 0 Å². The number of hydrogen-bond acceptors (Lipinski definition) is 5. The minimum atomic E-state index is -0.459. The maximum Gasteiger partial charge on any atom is 0.249 e. The van der Waals surface area contributed by atoms with Gasteiger partial charge in [0.05, 0.1) is 5.69 Å². The van der Waals surface area contributed by atoms with E-state index >= 15 is 0 Å². The fraction of sp³-hybridized carbons (Fsp3) is 0.500. The Labute approximate surface area is 107 Å². The Morgan fingerprint density at radius 2 is 2.47 bits per heavy atom. The Kier molecular flexibility index (Phi) is 4.01. The van der Waals surface area contributed by atoms with Crippen LogP contribution in [-0.4, -0.2) is 34.3 Å². The Balaban J connectivity index is 1.96. The van der Waals surface area contributed by atoms with Gasteiger partial charge in [0, 0.05) is 23.3 Å². The predicted molar refractivity (Wildman–Crippen MR) is 69.4 cm³/mol. The molecule has 0 saturated carbocycles. The van der Waals surface area contributed by atoms with E-state index in [1.807, 2.05) is 12.3 Å². The molecule has 7 heteroatoms. The minimum Gasteiger partial charge on any atom is -0.343 e. The van der Waals surface area contributed by atoms with Gasteiger partial charge < -0.3 is 10.6 Å². The molecule has 0 bridgehead atoms. The summed E-state index contributed by atoms with van der Waals surface area (Å²) in [5.41, 5.74) is 0.879. The van der Waals surface area contributed by atoms with E-state index in [-0.39, 0.29) is 11.8 Å². The first-order valence-electron chi connectivity index (χ1n) is 5.25. The van der Waals surface area contributed by atoms with Crippen molar-refractivity contribution in [3.63, 3.8) is 0 Å². The van der Waals surface area contributed by atoms with Crippen LogP contribution in [0.25, 0.3) is 0 Å². The standard InChI is InChI=1S/C10H13N3O2S2/c1-6-4-17-10(11-6)13-9(15)7-5-16-3-2-8(14)12-7/h4,7H,2-3,5H2,1H3,(H,12,14)(H,11,13,15)/t7-/m0/s1. The molecule has 17 heavy (non-hydrogen) atoms. The SMILES string of the molecule is Cc1csc(NC(=O)[C@@H]2CSCCC(=O)N2)n1. The summed E-state index contributed by atoms with van der Waals surface area (Å²) in [6, 6.07) is -0.459. The zero-order valence-corrected chi connectivity index (χ0v) is 11.0. The van der Waals surface area contributed by atoms with Crippen LogP contribution in [0.3, 0.4) is 0 Å². The first kappa shape index (κ1) is 12.4. The van der Waals surface area contributed by atoms with E-state index in [9.17, 15) is 9.59 Å². The molecule has 2 rings (SSSR count). The van der Waals surface area contributed by atoms with Crippen molar-refractivity contribution in [2.24, 2.45) is 0 Å². The molecule has 1 fully saturated rings. The van der Waals surface area contributed by atoms with Crippen molar-refractivity contribution in [1.82, 2.24) is 10.3 Å². The van der Waals surface area contributed by atoms with Crippen molar-refractivity contribution < 1.29 is 9.59 Å². The van der Waals surface area contributed by atoms with Crippen LogP contribution in [0.5, 0.6) is 0 Å². The highest BCUT2D eigenvalue weighted by atomic mass is 32.2. The first-order valence-corrected chi connectivity index (χ1v) is 7.28. The Bertz CT molecular complexity index is 433. The summed E-state index contributed by atoms with van der Waals surface area (Å²) in [6.07, 6.45) is 0.477. The minimum absolute atomic E-state index is 0.0644. The van der Waals surface area contributed by atoms with Gasteiger partial charge in [0.1, 0.15) is 6.04 Å². The lowest BCUT2D eigenvalue weighted by molar-refractivity contribution is -0.125. The predicted octanol–water partition coefficient (Wildman–Crippen LogP) is 1.01. The van der Waals surface area contributed by atoms with Crippen LogP contribution >= 0.6 is 23.1 Å². The number of carbonyl (C=O) groups excluding carboxylic acids is 2. The molecule has 1 aromatic heterocycles. The summed E-state index contributed by atoms with van der Waals surface area (Å²) in [7, 11) is 0. The van der Waals surface area contributed by atoms with Gasteiger partial charge in [-0.05, 0) is 6.92 Å². The molecule has 92 valence electrons. The van der Waals surface area contributed by atoms with E-state index in [4.69, 9.17) is 0 Å². The quantitative estimate of drug-likeness (QED) is 0.842. The number of carbonyl (C=O) groups is 2. The maximum absolute atomic E-state index is 11.9. The van der Waals surface area contributed by atoms with E-state index in [1.54, 1.807) is 11.8 Å². The Hall–Kier alpha value is -1.08. The third kappa shape index (κ3) is 3.44. The molecule has 1 aliphatic heterocycles. The van der Waals surface area contributed by atoms with Crippen LogP contribution in [-0.2, 0) is 9.59 Å². The molecule has 0 unspecified atom stereocenters. The lowest BCUT2D eigenvalue weighted by Crippen LogP contribution is -2.44. The van der Waals surface area contributed by atoms with Gasteiger partial charge in [-0.25, -0.2) is 4.98 Å². The van der Waals surface area contributed by atoms with Gasteiger partial charge in [0.25, 0.3) is 0 Å². The molecule has 1 saturated heterocycles. The van der Waals surface area contributed by atoms with Crippen molar-refractivity contribution in [3.05, 3.63) is 11.1 Å². The lowest BCUT2D eigenvalue weighted by atomic mass is 10.3. The summed E-state index contributed by atoms with van der Waals surface area (Å²) in [5.74, 6) is 1.13. The highest BCUT2D eigenvalue weighted by Crippen LogP contribution is 2.16. The third-order valence-corrected chi connectivity index (χ3v) is 4.20. The second-order valence-corrected chi connectivity index (χ2v) is 5.74. The average molecular weight is 271 g/mol. The first-order chi connectivity index (χ1) is 8.15. The number of thioether (sulfide) groups is 1. The van der Waals surface area contributed by atoms with E-state index in [0.29, 0.717) is 17.3 Å².